The van der Waals surface area contributed by atoms with Crippen LogP contribution in [0.25, 0.3) is 0 Å². The van der Waals surface area contributed by atoms with Crippen LogP contribution in [0.1, 0.15) is 59.8 Å². The molecule has 0 spiro atoms. The Morgan fingerprint density at radius 3 is 2.65 bits per heavy atom. The quantitative estimate of drug-likeness (QED) is 0.535. The van der Waals surface area contributed by atoms with E-state index >= 15 is 0 Å². The summed E-state index contributed by atoms with van der Waals surface area (Å²) < 4.78 is 5.41. The molecule has 2 nitrogen and oxygen atoms in total. The van der Waals surface area contributed by atoms with Crippen LogP contribution in [0.2, 0.25) is 0 Å². The van der Waals surface area contributed by atoms with Crippen molar-refractivity contribution in [3.05, 3.63) is 0 Å². The van der Waals surface area contributed by atoms with Crippen molar-refractivity contribution in [2.24, 2.45) is 23.7 Å². The van der Waals surface area contributed by atoms with E-state index < -0.39 is 0 Å². The lowest BCUT2D eigenvalue weighted by Crippen LogP contribution is -2.34. The molecule has 0 saturated heterocycles. The third-order valence-electron chi connectivity index (χ3n) is 4.07. The first-order valence-corrected chi connectivity index (χ1v) is 7.22. The van der Waals surface area contributed by atoms with Crippen molar-refractivity contribution in [1.29, 1.82) is 0 Å². The van der Waals surface area contributed by atoms with Crippen molar-refractivity contribution in [2.75, 3.05) is 6.61 Å². The maximum absolute atomic E-state index is 12.1. The number of hydrogen-bond acceptors (Lipinski definition) is 2. The van der Waals surface area contributed by atoms with Gasteiger partial charge in [0.25, 0.3) is 0 Å². The Morgan fingerprint density at radius 1 is 1.35 bits per heavy atom. The molecule has 0 aliphatic heterocycles. The number of hydrogen-bond donors (Lipinski definition) is 0. The lowest BCUT2D eigenvalue weighted by atomic mass is 9.70. The molecule has 0 heterocycles. The Labute approximate surface area is 106 Å². The molecule has 0 aromatic carbocycles. The molecule has 1 rings (SSSR count). The number of esters is 1. The third kappa shape index (κ3) is 4.33. The summed E-state index contributed by atoms with van der Waals surface area (Å²) >= 11 is 0. The Hall–Kier alpha value is -0.530. The van der Waals surface area contributed by atoms with Gasteiger partial charge in [-0.3, -0.25) is 4.79 Å². The molecule has 1 aliphatic carbocycles. The predicted molar refractivity (Wildman–Crippen MR) is 70.7 cm³/mol. The number of rotatable bonds is 5. The predicted octanol–water partition coefficient (Wildman–Crippen LogP) is 4.04. The van der Waals surface area contributed by atoms with Gasteiger partial charge in [-0.05, 0) is 37.0 Å². The molecule has 1 aliphatic rings. The summed E-state index contributed by atoms with van der Waals surface area (Å²) in [6, 6.07) is 0. The van der Waals surface area contributed by atoms with Crippen LogP contribution < -0.4 is 0 Å². The highest BCUT2D eigenvalue weighted by Crippen LogP contribution is 2.38. The fourth-order valence-electron chi connectivity index (χ4n) is 2.90. The molecule has 0 N–H and O–H groups in total. The Morgan fingerprint density at radius 2 is 2.06 bits per heavy atom. The molecule has 0 amide bonds. The van der Waals surface area contributed by atoms with E-state index in [-0.39, 0.29) is 11.9 Å². The standard InChI is InChI=1S/C15H28O2/c1-5-6-9-17-15(16)14-10-12(4)7-8-13(14)11(2)3/h11-14H,5-10H2,1-4H3. The summed E-state index contributed by atoms with van der Waals surface area (Å²) in [6.07, 6.45) is 5.55. The highest BCUT2D eigenvalue weighted by atomic mass is 16.5. The van der Waals surface area contributed by atoms with E-state index in [4.69, 9.17) is 4.74 Å². The minimum absolute atomic E-state index is 0.0590. The second-order valence-electron chi connectivity index (χ2n) is 5.95. The molecule has 17 heavy (non-hydrogen) atoms. The molecule has 3 atom stereocenters. The van der Waals surface area contributed by atoms with Gasteiger partial charge in [-0.1, -0.05) is 40.5 Å². The molecular formula is C15H28O2. The van der Waals surface area contributed by atoms with Gasteiger partial charge in [0.1, 0.15) is 0 Å². The molecule has 0 aromatic rings. The Bertz CT molecular complexity index is 235. The smallest absolute Gasteiger partial charge is 0.309 e. The van der Waals surface area contributed by atoms with Gasteiger partial charge in [0.05, 0.1) is 12.5 Å². The van der Waals surface area contributed by atoms with E-state index in [9.17, 15) is 4.79 Å². The number of unbranched alkanes of at least 4 members (excludes halogenated alkanes) is 1. The van der Waals surface area contributed by atoms with Gasteiger partial charge in [-0.15, -0.1) is 0 Å². The fourth-order valence-corrected chi connectivity index (χ4v) is 2.90. The van der Waals surface area contributed by atoms with E-state index in [1.807, 2.05) is 0 Å². The van der Waals surface area contributed by atoms with Crippen molar-refractivity contribution >= 4 is 5.97 Å². The van der Waals surface area contributed by atoms with Gasteiger partial charge in [0, 0.05) is 0 Å². The zero-order chi connectivity index (χ0) is 12.8. The lowest BCUT2D eigenvalue weighted by Gasteiger charge is -2.35. The largest absolute Gasteiger partial charge is 0.465 e. The maximum Gasteiger partial charge on any atom is 0.309 e. The zero-order valence-corrected chi connectivity index (χ0v) is 11.9. The van der Waals surface area contributed by atoms with Crippen molar-refractivity contribution < 1.29 is 9.53 Å². The average molecular weight is 240 g/mol. The summed E-state index contributed by atoms with van der Waals surface area (Å²) in [4.78, 5) is 12.1. The van der Waals surface area contributed by atoms with E-state index in [1.165, 1.54) is 12.8 Å². The second kappa shape index (κ2) is 7.03. The molecule has 1 fully saturated rings. The minimum atomic E-state index is 0.0590. The second-order valence-corrected chi connectivity index (χ2v) is 5.95. The maximum atomic E-state index is 12.1. The van der Waals surface area contributed by atoms with Gasteiger partial charge in [0.15, 0.2) is 0 Å². The monoisotopic (exact) mass is 240 g/mol. The van der Waals surface area contributed by atoms with E-state index in [0.29, 0.717) is 24.4 Å². The van der Waals surface area contributed by atoms with Crippen molar-refractivity contribution in [3.8, 4) is 0 Å². The summed E-state index contributed by atoms with van der Waals surface area (Å²) in [7, 11) is 0. The lowest BCUT2D eigenvalue weighted by molar-refractivity contribution is -0.153. The van der Waals surface area contributed by atoms with Crippen LogP contribution in [0, 0.1) is 23.7 Å². The van der Waals surface area contributed by atoms with Gasteiger partial charge in [-0.25, -0.2) is 0 Å². The molecule has 1 saturated carbocycles. The molecule has 2 heteroatoms. The summed E-state index contributed by atoms with van der Waals surface area (Å²) in [6.45, 7) is 9.43. The Kier molecular flexibility index (Phi) is 6.01. The molecule has 3 unspecified atom stereocenters. The molecule has 0 radical (unpaired) electrons. The molecular weight excluding hydrogens is 212 g/mol. The average Bonchev–Trinajstić information content (AvgIpc) is 2.28. The van der Waals surface area contributed by atoms with Crippen molar-refractivity contribution in [1.82, 2.24) is 0 Å². The summed E-state index contributed by atoms with van der Waals surface area (Å²) in [5, 5.41) is 0. The van der Waals surface area contributed by atoms with Crippen molar-refractivity contribution in [2.45, 2.75) is 59.8 Å². The highest BCUT2D eigenvalue weighted by Gasteiger charge is 2.36. The molecule has 0 bridgehead atoms. The van der Waals surface area contributed by atoms with Crippen LogP contribution in [0.15, 0.2) is 0 Å². The van der Waals surface area contributed by atoms with Gasteiger partial charge < -0.3 is 4.74 Å². The van der Waals surface area contributed by atoms with Crippen LogP contribution in [-0.4, -0.2) is 12.6 Å². The zero-order valence-electron chi connectivity index (χ0n) is 11.9. The van der Waals surface area contributed by atoms with Crippen LogP contribution in [0.5, 0.6) is 0 Å². The van der Waals surface area contributed by atoms with E-state index in [1.54, 1.807) is 0 Å². The first-order chi connectivity index (χ1) is 8.06. The SMILES string of the molecule is CCCCOC(=O)C1CC(C)CCC1C(C)C. The highest BCUT2D eigenvalue weighted by molar-refractivity contribution is 5.73. The van der Waals surface area contributed by atoms with E-state index in [0.717, 1.165) is 19.3 Å². The third-order valence-corrected chi connectivity index (χ3v) is 4.07. The van der Waals surface area contributed by atoms with Crippen LogP contribution in [0.3, 0.4) is 0 Å². The fraction of sp³-hybridized carbons (Fsp3) is 0.933. The summed E-state index contributed by atoms with van der Waals surface area (Å²) in [5.41, 5.74) is 0. The van der Waals surface area contributed by atoms with Crippen LogP contribution in [-0.2, 0) is 9.53 Å². The number of ether oxygens (including phenoxy) is 1. The Balaban J connectivity index is 2.53. The van der Waals surface area contributed by atoms with Gasteiger partial charge >= 0.3 is 5.97 Å². The molecule has 0 aromatic heterocycles. The first-order valence-electron chi connectivity index (χ1n) is 7.22. The summed E-state index contributed by atoms with van der Waals surface area (Å²) in [5.74, 6) is 2.00. The first kappa shape index (κ1) is 14.5. The number of carbonyl (C=O) groups is 1. The van der Waals surface area contributed by atoms with Gasteiger partial charge in [0.2, 0.25) is 0 Å². The van der Waals surface area contributed by atoms with Crippen LogP contribution in [0.4, 0.5) is 0 Å². The molecule has 100 valence electrons. The number of carbonyl (C=O) groups excluding carboxylic acids is 1. The normalized spacial score (nSPS) is 29.4. The topological polar surface area (TPSA) is 26.3 Å². The van der Waals surface area contributed by atoms with Gasteiger partial charge in [-0.2, -0.15) is 0 Å². The van der Waals surface area contributed by atoms with E-state index in [2.05, 4.69) is 27.7 Å². The minimum Gasteiger partial charge on any atom is -0.465 e. The van der Waals surface area contributed by atoms with Crippen molar-refractivity contribution in [3.63, 3.8) is 0 Å². The van der Waals surface area contributed by atoms with Crippen LogP contribution >= 0.6 is 0 Å².